The van der Waals surface area contributed by atoms with Crippen molar-refractivity contribution in [3.05, 3.63) is 53.3 Å². The van der Waals surface area contributed by atoms with Gasteiger partial charge in [0.15, 0.2) is 5.78 Å². The molecule has 1 heterocycles. The van der Waals surface area contributed by atoms with Crippen molar-refractivity contribution >= 4 is 5.78 Å². The highest BCUT2D eigenvalue weighted by molar-refractivity contribution is 6.09. The van der Waals surface area contributed by atoms with Crippen molar-refractivity contribution in [1.29, 1.82) is 0 Å². The molecule has 3 nitrogen and oxygen atoms in total. The summed E-state index contributed by atoms with van der Waals surface area (Å²) in [5.74, 6) is -0.684. The minimum absolute atomic E-state index is 0.134. The monoisotopic (exact) mass is 254 g/mol. The van der Waals surface area contributed by atoms with Gasteiger partial charge in [-0.3, -0.25) is 9.48 Å². The molecule has 0 radical (unpaired) electrons. The van der Waals surface area contributed by atoms with Gasteiger partial charge in [0, 0.05) is 18.8 Å². The number of halogens is 3. The summed E-state index contributed by atoms with van der Waals surface area (Å²) in [5.41, 5.74) is -1.16. The molecule has 2 rings (SSSR count). The molecule has 0 unspecified atom stereocenters. The van der Waals surface area contributed by atoms with E-state index in [9.17, 15) is 18.0 Å². The number of carbonyl (C=O) groups is 1. The maximum absolute atomic E-state index is 12.8. The number of ketones is 1. The van der Waals surface area contributed by atoms with Crippen molar-refractivity contribution in [1.82, 2.24) is 9.78 Å². The number of benzene rings is 1. The van der Waals surface area contributed by atoms with Crippen LogP contribution in [0, 0.1) is 0 Å². The third-order valence-electron chi connectivity index (χ3n) is 2.44. The first kappa shape index (κ1) is 12.3. The molecule has 0 aliphatic heterocycles. The molecule has 0 atom stereocenters. The fraction of sp³-hybridized carbons (Fsp3) is 0.167. The number of alkyl halides is 3. The Balaban J connectivity index is 2.49. The van der Waals surface area contributed by atoms with E-state index < -0.39 is 17.5 Å². The van der Waals surface area contributed by atoms with Crippen molar-refractivity contribution < 1.29 is 18.0 Å². The Morgan fingerprint density at radius 1 is 1.28 bits per heavy atom. The molecule has 0 amide bonds. The summed E-state index contributed by atoms with van der Waals surface area (Å²) in [6, 6.07) is 4.71. The summed E-state index contributed by atoms with van der Waals surface area (Å²) >= 11 is 0. The van der Waals surface area contributed by atoms with Gasteiger partial charge in [0.2, 0.25) is 0 Å². The summed E-state index contributed by atoms with van der Waals surface area (Å²) in [6.45, 7) is 0. The summed E-state index contributed by atoms with van der Waals surface area (Å²) in [5, 5.41) is 3.77. The Kier molecular flexibility index (Phi) is 2.94. The molecule has 1 aromatic heterocycles. The number of hydrogen-bond donors (Lipinski definition) is 0. The molecule has 0 spiro atoms. The molecule has 0 N–H and O–H groups in total. The van der Waals surface area contributed by atoms with Gasteiger partial charge in [-0.1, -0.05) is 18.2 Å². The first-order valence-corrected chi connectivity index (χ1v) is 5.09. The normalized spacial score (nSPS) is 11.6. The molecule has 0 saturated carbocycles. The Morgan fingerprint density at radius 3 is 2.50 bits per heavy atom. The van der Waals surface area contributed by atoms with E-state index in [-0.39, 0.29) is 11.1 Å². The van der Waals surface area contributed by atoms with Crippen molar-refractivity contribution in [2.45, 2.75) is 6.18 Å². The first-order chi connectivity index (χ1) is 8.39. The third kappa shape index (κ3) is 2.27. The molecule has 0 fully saturated rings. The van der Waals surface area contributed by atoms with Crippen LogP contribution in [0.4, 0.5) is 13.2 Å². The van der Waals surface area contributed by atoms with Gasteiger partial charge in [-0.15, -0.1) is 0 Å². The van der Waals surface area contributed by atoms with E-state index in [0.717, 1.165) is 12.1 Å². The van der Waals surface area contributed by atoms with E-state index in [1.807, 2.05) is 0 Å². The summed E-state index contributed by atoms with van der Waals surface area (Å²) in [7, 11) is 1.59. The predicted octanol–water partition coefficient (Wildman–Crippen LogP) is 2.67. The maximum Gasteiger partial charge on any atom is 0.417 e. The average Bonchev–Trinajstić information content (AvgIpc) is 2.74. The lowest BCUT2D eigenvalue weighted by Gasteiger charge is -2.10. The van der Waals surface area contributed by atoms with Crippen LogP contribution in [-0.4, -0.2) is 15.6 Å². The SMILES string of the molecule is Cn1cc(C(=O)c2ccccc2C(F)(F)F)cn1. The standard InChI is InChI=1S/C12H9F3N2O/c1-17-7-8(6-16-17)11(18)9-4-2-3-5-10(9)12(13,14)15/h2-7H,1H3. The van der Waals surface area contributed by atoms with Gasteiger partial charge in [0.25, 0.3) is 0 Å². The molecule has 94 valence electrons. The Bertz CT molecular complexity index is 587. The zero-order valence-corrected chi connectivity index (χ0v) is 9.40. The van der Waals surface area contributed by atoms with Crippen LogP contribution >= 0.6 is 0 Å². The van der Waals surface area contributed by atoms with Gasteiger partial charge < -0.3 is 0 Å². The largest absolute Gasteiger partial charge is 0.417 e. The number of aryl methyl sites for hydroxylation is 1. The van der Waals surface area contributed by atoms with Gasteiger partial charge in [-0.2, -0.15) is 18.3 Å². The molecule has 1 aromatic carbocycles. The average molecular weight is 254 g/mol. The molecule has 0 aliphatic rings. The number of aromatic nitrogens is 2. The third-order valence-corrected chi connectivity index (χ3v) is 2.44. The zero-order valence-electron chi connectivity index (χ0n) is 9.40. The second-order valence-corrected chi connectivity index (χ2v) is 3.78. The molecule has 0 saturated heterocycles. The van der Waals surface area contributed by atoms with E-state index in [0.29, 0.717) is 0 Å². The summed E-state index contributed by atoms with van der Waals surface area (Å²) in [6.07, 6.45) is -1.92. The lowest BCUT2D eigenvalue weighted by atomic mass is 10.00. The minimum atomic E-state index is -4.55. The van der Waals surface area contributed by atoms with Crippen LogP contribution in [0.1, 0.15) is 21.5 Å². The highest BCUT2D eigenvalue weighted by Crippen LogP contribution is 2.32. The predicted molar refractivity (Wildman–Crippen MR) is 58.1 cm³/mol. The van der Waals surface area contributed by atoms with E-state index in [2.05, 4.69) is 5.10 Å². The Hall–Kier alpha value is -2.11. The molecule has 6 heteroatoms. The molecular weight excluding hydrogens is 245 g/mol. The smallest absolute Gasteiger partial charge is 0.288 e. The van der Waals surface area contributed by atoms with Gasteiger partial charge >= 0.3 is 6.18 Å². The van der Waals surface area contributed by atoms with Crippen LogP contribution in [0.15, 0.2) is 36.7 Å². The zero-order chi connectivity index (χ0) is 13.3. The maximum atomic E-state index is 12.8. The van der Waals surface area contributed by atoms with Gasteiger partial charge in [0.1, 0.15) is 0 Å². The van der Waals surface area contributed by atoms with E-state index >= 15 is 0 Å². The number of rotatable bonds is 2. The second kappa shape index (κ2) is 4.29. The summed E-state index contributed by atoms with van der Waals surface area (Å²) < 4.78 is 39.6. The van der Waals surface area contributed by atoms with Crippen LogP contribution in [0.3, 0.4) is 0 Å². The molecule has 18 heavy (non-hydrogen) atoms. The van der Waals surface area contributed by atoms with E-state index in [1.165, 1.54) is 29.2 Å². The van der Waals surface area contributed by atoms with Crippen LogP contribution in [0.2, 0.25) is 0 Å². The van der Waals surface area contributed by atoms with Gasteiger partial charge in [-0.05, 0) is 6.07 Å². The fourth-order valence-electron chi connectivity index (χ4n) is 1.62. The molecule has 0 aliphatic carbocycles. The second-order valence-electron chi connectivity index (χ2n) is 3.78. The van der Waals surface area contributed by atoms with Gasteiger partial charge in [0.05, 0.1) is 17.3 Å². The minimum Gasteiger partial charge on any atom is -0.288 e. The lowest BCUT2D eigenvalue weighted by molar-refractivity contribution is -0.137. The number of carbonyl (C=O) groups excluding carboxylic acids is 1. The van der Waals surface area contributed by atoms with E-state index in [4.69, 9.17) is 0 Å². The topological polar surface area (TPSA) is 34.9 Å². The Labute approximate surface area is 101 Å². The first-order valence-electron chi connectivity index (χ1n) is 5.09. The van der Waals surface area contributed by atoms with Crippen molar-refractivity contribution in [3.8, 4) is 0 Å². The number of nitrogens with zero attached hydrogens (tertiary/aromatic N) is 2. The Morgan fingerprint density at radius 2 is 1.94 bits per heavy atom. The highest BCUT2D eigenvalue weighted by Gasteiger charge is 2.35. The van der Waals surface area contributed by atoms with Crippen molar-refractivity contribution in [2.24, 2.45) is 7.05 Å². The van der Waals surface area contributed by atoms with Crippen molar-refractivity contribution in [3.63, 3.8) is 0 Å². The molecule has 2 aromatic rings. The van der Waals surface area contributed by atoms with Crippen LogP contribution in [-0.2, 0) is 13.2 Å². The van der Waals surface area contributed by atoms with Gasteiger partial charge in [-0.25, -0.2) is 0 Å². The van der Waals surface area contributed by atoms with Crippen LogP contribution in [0.25, 0.3) is 0 Å². The van der Waals surface area contributed by atoms with Crippen LogP contribution < -0.4 is 0 Å². The molecular formula is C12H9F3N2O. The summed E-state index contributed by atoms with van der Waals surface area (Å²) in [4.78, 5) is 12.0. The van der Waals surface area contributed by atoms with Crippen molar-refractivity contribution in [2.75, 3.05) is 0 Å². The molecule has 0 bridgehead atoms. The number of hydrogen-bond acceptors (Lipinski definition) is 2. The highest BCUT2D eigenvalue weighted by atomic mass is 19.4. The van der Waals surface area contributed by atoms with Crippen LogP contribution in [0.5, 0.6) is 0 Å². The lowest BCUT2D eigenvalue weighted by Crippen LogP contribution is -2.13. The van der Waals surface area contributed by atoms with E-state index in [1.54, 1.807) is 7.05 Å². The fourth-order valence-corrected chi connectivity index (χ4v) is 1.62. The quantitative estimate of drug-likeness (QED) is 0.772.